The molecule has 0 atom stereocenters. The third-order valence-electron chi connectivity index (χ3n) is 3.32. The predicted molar refractivity (Wildman–Crippen MR) is 78.2 cm³/mol. The van der Waals surface area contributed by atoms with Gasteiger partial charge >= 0.3 is 0 Å². The van der Waals surface area contributed by atoms with Crippen LogP contribution in [0.1, 0.15) is 31.9 Å². The monoisotopic (exact) mass is 283 g/mol. The molecule has 1 heterocycles. The number of aryl methyl sites for hydroxylation is 1. The number of halogens is 1. The summed E-state index contributed by atoms with van der Waals surface area (Å²) < 4.78 is 5.59. The van der Waals surface area contributed by atoms with Crippen LogP contribution >= 0.6 is 11.6 Å². The summed E-state index contributed by atoms with van der Waals surface area (Å²) in [7, 11) is 2.03. The highest BCUT2D eigenvalue weighted by Gasteiger charge is 2.28. The number of hydrogen-bond acceptors (Lipinski definition) is 4. The maximum atomic E-state index is 6.01. The van der Waals surface area contributed by atoms with Crippen LogP contribution in [0.25, 0.3) is 0 Å². The van der Waals surface area contributed by atoms with Crippen LogP contribution in [0.4, 0.5) is 5.95 Å². The second kappa shape index (κ2) is 6.42. The van der Waals surface area contributed by atoms with E-state index in [0.717, 1.165) is 37.4 Å². The first-order valence-electron chi connectivity index (χ1n) is 6.92. The Hall–Kier alpha value is -1.03. The van der Waals surface area contributed by atoms with E-state index in [-0.39, 0.29) is 0 Å². The van der Waals surface area contributed by atoms with Gasteiger partial charge in [-0.25, -0.2) is 4.98 Å². The number of rotatable bonds is 6. The van der Waals surface area contributed by atoms with Gasteiger partial charge in [-0.1, -0.05) is 6.92 Å². The van der Waals surface area contributed by atoms with E-state index in [0.29, 0.717) is 23.8 Å². The largest absolute Gasteiger partial charge is 0.478 e. The molecule has 19 heavy (non-hydrogen) atoms. The summed E-state index contributed by atoms with van der Waals surface area (Å²) in [4.78, 5) is 11.0. The molecule has 1 aliphatic rings. The molecule has 0 amide bonds. The van der Waals surface area contributed by atoms with Gasteiger partial charge in [-0.05, 0) is 32.1 Å². The minimum atomic E-state index is 0.361. The standard InChI is InChI=1S/C14H22ClN3O/c1-4-5-19-13-6-10(2)16-14(17-13)18(3)9-11-7-12(15)8-11/h6,11-12H,4-5,7-9H2,1-3H3. The first kappa shape index (κ1) is 14.4. The Morgan fingerprint density at radius 1 is 1.42 bits per heavy atom. The van der Waals surface area contributed by atoms with Crippen molar-refractivity contribution in [1.29, 1.82) is 0 Å². The van der Waals surface area contributed by atoms with E-state index in [1.54, 1.807) is 0 Å². The Labute approximate surface area is 120 Å². The van der Waals surface area contributed by atoms with Crippen molar-refractivity contribution in [2.45, 2.75) is 38.5 Å². The molecule has 4 nitrogen and oxygen atoms in total. The zero-order chi connectivity index (χ0) is 13.8. The van der Waals surface area contributed by atoms with Gasteiger partial charge in [0.1, 0.15) is 0 Å². The van der Waals surface area contributed by atoms with Crippen molar-refractivity contribution >= 4 is 17.5 Å². The Morgan fingerprint density at radius 2 is 2.16 bits per heavy atom. The summed E-state index contributed by atoms with van der Waals surface area (Å²) in [5.74, 6) is 2.07. The first-order chi connectivity index (χ1) is 9.08. The molecule has 5 heteroatoms. The molecule has 106 valence electrons. The van der Waals surface area contributed by atoms with Crippen LogP contribution < -0.4 is 9.64 Å². The zero-order valence-electron chi connectivity index (χ0n) is 11.9. The van der Waals surface area contributed by atoms with Crippen LogP contribution in [-0.2, 0) is 0 Å². The van der Waals surface area contributed by atoms with E-state index < -0.39 is 0 Å². The average molecular weight is 284 g/mol. The Morgan fingerprint density at radius 3 is 2.79 bits per heavy atom. The van der Waals surface area contributed by atoms with Crippen molar-refractivity contribution in [2.24, 2.45) is 5.92 Å². The molecule has 0 N–H and O–H groups in total. The van der Waals surface area contributed by atoms with E-state index in [1.807, 2.05) is 20.0 Å². The van der Waals surface area contributed by atoms with Crippen LogP contribution in [-0.4, -0.2) is 35.5 Å². The molecule has 2 rings (SSSR count). The summed E-state index contributed by atoms with van der Waals surface area (Å²) in [5, 5.41) is 0.361. The number of ether oxygens (including phenoxy) is 1. The lowest BCUT2D eigenvalue weighted by Crippen LogP contribution is -2.35. The Bertz CT molecular complexity index is 421. The molecule has 0 unspecified atom stereocenters. The molecule has 0 spiro atoms. The second-order valence-corrected chi connectivity index (χ2v) is 5.93. The van der Waals surface area contributed by atoms with Gasteiger partial charge in [0.15, 0.2) is 0 Å². The van der Waals surface area contributed by atoms with Gasteiger partial charge in [-0.15, -0.1) is 11.6 Å². The van der Waals surface area contributed by atoms with Crippen molar-refractivity contribution < 1.29 is 4.74 Å². The third kappa shape index (κ3) is 3.96. The van der Waals surface area contributed by atoms with Crippen LogP contribution in [0.5, 0.6) is 5.88 Å². The van der Waals surface area contributed by atoms with Gasteiger partial charge in [-0.3, -0.25) is 0 Å². The fourth-order valence-corrected chi connectivity index (χ4v) is 2.75. The summed E-state index contributed by atoms with van der Waals surface area (Å²) >= 11 is 6.01. The van der Waals surface area contributed by atoms with Crippen molar-refractivity contribution in [3.05, 3.63) is 11.8 Å². The van der Waals surface area contributed by atoms with Gasteiger partial charge in [-0.2, -0.15) is 4.98 Å². The lowest BCUT2D eigenvalue weighted by atomic mass is 9.84. The molecule has 0 aliphatic heterocycles. The normalized spacial score (nSPS) is 21.9. The number of nitrogens with zero attached hydrogens (tertiary/aromatic N) is 3. The topological polar surface area (TPSA) is 38.2 Å². The highest BCUT2D eigenvalue weighted by molar-refractivity contribution is 6.21. The van der Waals surface area contributed by atoms with Crippen LogP contribution in [0.3, 0.4) is 0 Å². The summed E-state index contributed by atoms with van der Waals surface area (Å²) in [6, 6.07) is 1.88. The lowest BCUT2D eigenvalue weighted by Gasteiger charge is -2.34. The molecule has 0 aromatic carbocycles. The number of hydrogen-bond donors (Lipinski definition) is 0. The lowest BCUT2D eigenvalue weighted by molar-refractivity contribution is 0.303. The van der Waals surface area contributed by atoms with Crippen molar-refractivity contribution in [1.82, 2.24) is 9.97 Å². The zero-order valence-corrected chi connectivity index (χ0v) is 12.7. The second-order valence-electron chi connectivity index (χ2n) is 5.31. The minimum Gasteiger partial charge on any atom is -0.478 e. The van der Waals surface area contributed by atoms with E-state index >= 15 is 0 Å². The fraction of sp³-hybridized carbons (Fsp3) is 0.714. The molecule has 0 radical (unpaired) electrons. The molecule has 1 aromatic heterocycles. The van der Waals surface area contributed by atoms with Gasteiger partial charge in [0, 0.05) is 30.7 Å². The maximum absolute atomic E-state index is 6.01. The maximum Gasteiger partial charge on any atom is 0.228 e. The molecule has 1 aromatic rings. The Balaban J connectivity index is 1.99. The molecule has 0 saturated heterocycles. The van der Waals surface area contributed by atoms with Gasteiger partial charge in [0.05, 0.1) is 6.61 Å². The molecule has 1 aliphatic carbocycles. The quantitative estimate of drug-likeness (QED) is 0.752. The molecular weight excluding hydrogens is 262 g/mol. The van der Waals surface area contributed by atoms with E-state index in [4.69, 9.17) is 16.3 Å². The highest BCUT2D eigenvalue weighted by atomic mass is 35.5. The van der Waals surface area contributed by atoms with Crippen molar-refractivity contribution in [3.8, 4) is 5.88 Å². The third-order valence-corrected chi connectivity index (χ3v) is 3.68. The number of aromatic nitrogens is 2. The van der Waals surface area contributed by atoms with Gasteiger partial charge < -0.3 is 9.64 Å². The molecular formula is C14H22ClN3O. The van der Waals surface area contributed by atoms with Crippen LogP contribution in [0.2, 0.25) is 0 Å². The number of anilines is 1. The van der Waals surface area contributed by atoms with E-state index in [1.165, 1.54) is 0 Å². The minimum absolute atomic E-state index is 0.361. The molecule has 1 fully saturated rings. The van der Waals surface area contributed by atoms with E-state index in [9.17, 15) is 0 Å². The smallest absolute Gasteiger partial charge is 0.228 e. The average Bonchev–Trinajstić information content (AvgIpc) is 2.33. The van der Waals surface area contributed by atoms with Crippen LogP contribution in [0, 0.1) is 12.8 Å². The highest BCUT2D eigenvalue weighted by Crippen LogP contribution is 2.32. The van der Waals surface area contributed by atoms with Crippen molar-refractivity contribution in [2.75, 3.05) is 25.1 Å². The fourth-order valence-electron chi connectivity index (χ4n) is 2.25. The summed E-state index contributed by atoms with van der Waals surface area (Å²) in [6.07, 6.45) is 3.17. The molecule has 1 saturated carbocycles. The van der Waals surface area contributed by atoms with E-state index in [2.05, 4.69) is 21.8 Å². The SMILES string of the molecule is CCCOc1cc(C)nc(N(C)CC2CC(Cl)C2)n1. The Kier molecular flexibility index (Phi) is 4.86. The van der Waals surface area contributed by atoms with Gasteiger partial charge in [0.25, 0.3) is 0 Å². The molecule has 0 bridgehead atoms. The summed E-state index contributed by atoms with van der Waals surface area (Å²) in [6.45, 7) is 5.70. The van der Waals surface area contributed by atoms with Crippen molar-refractivity contribution in [3.63, 3.8) is 0 Å². The summed E-state index contributed by atoms with van der Waals surface area (Å²) in [5.41, 5.74) is 0.937. The predicted octanol–water partition coefficient (Wildman–Crippen LogP) is 3.03. The first-order valence-corrected chi connectivity index (χ1v) is 7.35. The van der Waals surface area contributed by atoms with Gasteiger partial charge in [0.2, 0.25) is 11.8 Å². The number of alkyl halides is 1. The van der Waals surface area contributed by atoms with Crippen LogP contribution in [0.15, 0.2) is 6.07 Å².